The van der Waals surface area contributed by atoms with E-state index in [0.717, 1.165) is 11.3 Å². The Labute approximate surface area is 110 Å². The normalized spacial score (nSPS) is 14.9. The van der Waals surface area contributed by atoms with Gasteiger partial charge in [0.25, 0.3) is 0 Å². The summed E-state index contributed by atoms with van der Waals surface area (Å²) in [7, 11) is 0. The Bertz CT molecular complexity index is 356. The van der Waals surface area contributed by atoms with Crippen LogP contribution in [-0.4, -0.2) is 24.9 Å². The van der Waals surface area contributed by atoms with E-state index in [1.807, 2.05) is 0 Å². The Morgan fingerprint density at radius 3 is 2.11 bits per heavy atom. The molecule has 0 aliphatic heterocycles. The van der Waals surface area contributed by atoms with Gasteiger partial charge in [-0.05, 0) is 24.4 Å². The molecule has 8 heteroatoms. The maximum atomic E-state index is 12.7. The quantitative estimate of drug-likeness (QED) is 0.811. The first kappa shape index (κ1) is 16.3. The Morgan fingerprint density at radius 1 is 1.16 bits per heavy atom. The number of likely N-dealkylation sites (N-methyl/N-ethyl adjacent to an activating group) is 1. The standard InChI is InChI=1S/C11H13F6NS/c1-2-18-8(6-7-4-3-5-19-7)9(10(12,13)14)11(15,16)17/h3-5,8-9,18H,2,6H2,1H3. The maximum absolute atomic E-state index is 12.7. The van der Waals surface area contributed by atoms with Crippen LogP contribution in [0.4, 0.5) is 26.3 Å². The molecule has 1 atom stereocenters. The number of alkyl halides is 6. The van der Waals surface area contributed by atoms with Crippen LogP contribution in [-0.2, 0) is 6.42 Å². The first-order valence-electron chi connectivity index (χ1n) is 5.55. The molecule has 0 saturated carbocycles. The van der Waals surface area contributed by atoms with Crippen molar-refractivity contribution < 1.29 is 26.3 Å². The number of thiophene rings is 1. The molecular weight excluding hydrogens is 292 g/mol. The molecule has 110 valence electrons. The summed E-state index contributed by atoms with van der Waals surface area (Å²) in [4.78, 5) is 0.490. The molecule has 0 radical (unpaired) electrons. The predicted octanol–water partition coefficient (Wildman–Crippen LogP) is 4.01. The largest absolute Gasteiger partial charge is 0.402 e. The zero-order chi connectivity index (χ0) is 14.7. The topological polar surface area (TPSA) is 12.0 Å². The predicted molar refractivity (Wildman–Crippen MR) is 61.1 cm³/mol. The zero-order valence-electron chi connectivity index (χ0n) is 9.98. The number of halogens is 6. The molecular formula is C11H13F6NS. The van der Waals surface area contributed by atoms with Gasteiger partial charge in [-0.2, -0.15) is 26.3 Å². The summed E-state index contributed by atoms with van der Waals surface area (Å²) >= 11 is 1.14. The summed E-state index contributed by atoms with van der Waals surface area (Å²) in [6.45, 7) is 1.52. The third-order valence-corrected chi connectivity index (χ3v) is 3.47. The lowest BCUT2D eigenvalue weighted by molar-refractivity contribution is -0.291. The third-order valence-electron chi connectivity index (χ3n) is 2.58. The van der Waals surface area contributed by atoms with Gasteiger partial charge in [-0.1, -0.05) is 13.0 Å². The highest BCUT2D eigenvalue weighted by Gasteiger charge is 2.59. The smallest absolute Gasteiger partial charge is 0.313 e. The second-order valence-corrected chi connectivity index (χ2v) is 5.04. The van der Waals surface area contributed by atoms with Crippen molar-refractivity contribution in [3.05, 3.63) is 22.4 Å². The first-order chi connectivity index (χ1) is 8.66. The Hall–Kier alpha value is -0.760. The highest BCUT2D eigenvalue weighted by molar-refractivity contribution is 7.09. The molecule has 1 nitrogen and oxygen atoms in total. The summed E-state index contributed by atoms with van der Waals surface area (Å²) in [6, 6.07) is 1.42. The van der Waals surface area contributed by atoms with Crippen LogP contribution in [0, 0.1) is 5.92 Å². The molecule has 1 aromatic rings. The second kappa shape index (κ2) is 6.13. The van der Waals surface area contributed by atoms with Crippen LogP contribution >= 0.6 is 11.3 Å². The van der Waals surface area contributed by atoms with Gasteiger partial charge in [-0.15, -0.1) is 11.3 Å². The number of nitrogens with one attached hydrogen (secondary N) is 1. The van der Waals surface area contributed by atoms with Crippen molar-refractivity contribution in [1.29, 1.82) is 0 Å². The highest BCUT2D eigenvalue weighted by atomic mass is 32.1. The van der Waals surface area contributed by atoms with Crippen molar-refractivity contribution >= 4 is 11.3 Å². The maximum Gasteiger partial charge on any atom is 0.402 e. The summed E-state index contributed by atoms with van der Waals surface area (Å²) in [5.41, 5.74) is 0. The second-order valence-electron chi connectivity index (χ2n) is 4.01. The number of hydrogen-bond donors (Lipinski definition) is 1. The van der Waals surface area contributed by atoms with E-state index in [-0.39, 0.29) is 13.0 Å². The van der Waals surface area contributed by atoms with E-state index in [0.29, 0.717) is 4.88 Å². The molecule has 1 aromatic heterocycles. The lowest BCUT2D eigenvalue weighted by Gasteiger charge is -2.31. The van der Waals surface area contributed by atoms with Crippen LogP contribution in [0.2, 0.25) is 0 Å². The lowest BCUT2D eigenvalue weighted by Crippen LogP contribution is -2.51. The van der Waals surface area contributed by atoms with E-state index in [9.17, 15) is 26.3 Å². The van der Waals surface area contributed by atoms with Gasteiger partial charge in [0.15, 0.2) is 5.92 Å². The molecule has 0 aromatic carbocycles. The van der Waals surface area contributed by atoms with Crippen molar-refractivity contribution in [2.75, 3.05) is 6.54 Å². The van der Waals surface area contributed by atoms with E-state index in [4.69, 9.17) is 0 Å². The molecule has 0 aliphatic rings. The molecule has 1 N–H and O–H groups in total. The minimum Gasteiger partial charge on any atom is -0.313 e. The van der Waals surface area contributed by atoms with E-state index in [1.165, 1.54) is 13.0 Å². The van der Waals surface area contributed by atoms with Gasteiger partial charge in [0.1, 0.15) is 0 Å². The van der Waals surface area contributed by atoms with Crippen molar-refractivity contribution in [3.63, 3.8) is 0 Å². The molecule has 1 rings (SSSR count). The SMILES string of the molecule is CCNC(Cc1cccs1)C(C(F)(F)F)C(F)(F)F. The van der Waals surface area contributed by atoms with E-state index in [2.05, 4.69) is 5.32 Å². The Kier molecular flexibility index (Phi) is 5.26. The van der Waals surface area contributed by atoms with Crippen molar-refractivity contribution in [2.24, 2.45) is 5.92 Å². The van der Waals surface area contributed by atoms with Crippen LogP contribution in [0.15, 0.2) is 17.5 Å². The average Bonchev–Trinajstić information content (AvgIpc) is 2.65. The monoisotopic (exact) mass is 305 g/mol. The van der Waals surface area contributed by atoms with Gasteiger partial charge >= 0.3 is 12.4 Å². The fourth-order valence-corrected chi connectivity index (χ4v) is 2.62. The third kappa shape index (κ3) is 4.68. The fourth-order valence-electron chi connectivity index (χ4n) is 1.86. The van der Waals surface area contributed by atoms with E-state index < -0.39 is 24.3 Å². The first-order valence-corrected chi connectivity index (χ1v) is 6.43. The number of rotatable bonds is 5. The Morgan fingerprint density at radius 2 is 1.74 bits per heavy atom. The minimum atomic E-state index is -5.32. The molecule has 0 spiro atoms. The summed E-state index contributed by atoms with van der Waals surface area (Å²) in [5.74, 6) is -3.36. The van der Waals surface area contributed by atoms with E-state index >= 15 is 0 Å². The minimum absolute atomic E-state index is 0.0404. The van der Waals surface area contributed by atoms with Crippen LogP contribution in [0.5, 0.6) is 0 Å². The van der Waals surface area contributed by atoms with Gasteiger partial charge in [0.2, 0.25) is 0 Å². The molecule has 1 unspecified atom stereocenters. The van der Waals surface area contributed by atoms with Gasteiger partial charge in [-0.3, -0.25) is 0 Å². The Balaban J connectivity index is 2.99. The van der Waals surface area contributed by atoms with Gasteiger partial charge in [-0.25, -0.2) is 0 Å². The van der Waals surface area contributed by atoms with Crippen molar-refractivity contribution in [1.82, 2.24) is 5.32 Å². The van der Waals surface area contributed by atoms with Gasteiger partial charge in [0, 0.05) is 10.9 Å². The lowest BCUT2D eigenvalue weighted by atomic mass is 9.94. The molecule has 0 aliphatic carbocycles. The summed E-state index contributed by atoms with van der Waals surface area (Å²) in [6.07, 6.45) is -10.9. The van der Waals surface area contributed by atoms with Crippen LogP contribution in [0.3, 0.4) is 0 Å². The average molecular weight is 305 g/mol. The van der Waals surface area contributed by atoms with Gasteiger partial charge in [0.05, 0.1) is 0 Å². The molecule has 0 saturated heterocycles. The zero-order valence-corrected chi connectivity index (χ0v) is 10.8. The van der Waals surface area contributed by atoms with Crippen LogP contribution in [0.25, 0.3) is 0 Å². The molecule has 19 heavy (non-hydrogen) atoms. The molecule has 0 amide bonds. The molecule has 0 bridgehead atoms. The summed E-state index contributed by atoms with van der Waals surface area (Å²) < 4.78 is 76.0. The number of hydrogen-bond acceptors (Lipinski definition) is 2. The van der Waals surface area contributed by atoms with Crippen LogP contribution < -0.4 is 5.32 Å². The van der Waals surface area contributed by atoms with Crippen LogP contribution in [0.1, 0.15) is 11.8 Å². The van der Waals surface area contributed by atoms with E-state index in [1.54, 1.807) is 11.4 Å². The molecule has 1 heterocycles. The molecule has 0 fully saturated rings. The fraction of sp³-hybridized carbons (Fsp3) is 0.636. The van der Waals surface area contributed by atoms with Crippen molar-refractivity contribution in [3.8, 4) is 0 Å². The highest BCUT2D eigenvalue weighted by Crippen LogP contribution is 2.42. The summed E-state index contributed by atoms with van der Waals surface area (Å²) in [5, 5.41) is 3.92. The van der Waals surface area contributed by atoms with Gasteiger partial charge < -0.3 is 5.32 Å². The van der Waals surface area contributed by atoms with Crippen molar-refractivity contribution in [2.45, 2.75) is 31.7 Å².